The Balaban J connectivity index is 1.33. The predicted molar refractivity (Wildman–Crippen MR) is 152 cm³/mol. The summed E-state index contributed by atoms with van der Waals surface area (Å²) in [6.45, 7) is 0. The molecule has 0 bridgehead atoms. The largest absolute Gasteiger partial charge is 0.453 e. The van der Waals surface area contributed by atoms with Gasteiger partial charge in [0.25, 0.3) is 11.5 Å². The van der Waals surface area contributed by atoms with Crippen molar-refractivity contribution in [1.29, 1.82) is 0 Å². The molecule has 0 fully saturated rings. The minimum absolute atomic E-state index is 0.0271. The quantitative estimate of drug-likeness (QED) is 0.211. The maximum absolute atomic E-state index is 15.1. The van der Waals surface area contributed by atoms with E-state index in [1.807, 2.05) is 7.05 Å². The summed E-state index contributed by atoms with van der Waals surface area (Å²) in [6.07, 6.45) is 0.0596. The predicted octanol–water partition coefficient (Wildman–Crippen LogP) is 7.13. The first-order valence-corrected chi connectivity index (χ1v) is 13.0. The van der Waals surface area contributed by atoms with Gasteiger partial charge >= 0.3 is 6.18 Å². The van der Waals surface area contributed by atoms with Gasteiger partial charge in [0.2, 0.25) is 0 Å². The number of benzene rings is 2. The highest BCUT2D eigenvalue weighted by molar-refractivity contribution is 6.32. The fraction of sp³-hybridized carbons (Fsp3) is 0.0667. The molecule has 0 radical (unpaired) electrons. The van der Waals surface area contributed by atoms with E-state index in [4.69, 9.17) is 16.3 Å². The van der Waals surface area contributed by atoms with Crippen LogP contribution in [0.4, 0.5) is 23.2 Å². The van der Waals surface area contributed by atoms with E-state index in [0.717, 1.165) is 22.8 Å². The third-order valence-corrected chi connectivity index (χ3v) is 6.96. The lowest BCUT2D eigenvalue weighted by atomic mass is 10.1. The van der Waals surface area contributed by atoms with Crippen LogP contribution in [-0.2, 0) is 13.2 Å². The molecule has 4 aromatic heterocycles. The Morgan fingerprint density at radius 3 is 2.49 bits per heavy atom. The molecule has 8 nitrogen and oxygen atoms in total. The standard InChI is InChI=1S/C30H18ClF4N5O3/c1-39-12-9-19-24(8-11-37-27(19)39)43-25-7-5-18(15-22(25)32)38-28(41)20-13-16-3-2-10-36-26(16)40(29(20)42)23-6-4-17(14-21(23)31)30(33,34)35/h2-15H,1H3,(H,38,41). The first-order valence-electron chi connectivity index (χ1n) is 12.6. The number of hydrogen-bond acceptors (Lipinski definition) is 5. The van der Waals surface area contributed by atoms with E-state index in [0.29, 0.717) is 28.2 Å². The highest BCUT2D eigenvalue weighted by Gasteiger charge is 2.31. The van der Waals surface area contributed by atoms with Gasteiger partial charge in [0.15, 0.2) is 11.6 Å². The Labute approximate surface area is 244 Å². The van der Waals surface area contributed by atoms with Gasteiger partial charge in [0.1, 0.15) is 22.6 Å². The summed E-state index contributed by atoms with van der Waals surface area (Å²) in [5.41, 5.74) is -1.63. The molecule has 0 spiro atoms. The number of amides is 1. The van der Waals surface area contributed by atoms with Gasteiger partial charge in [0.05, 0.1) is 21.7 Å². The number of carbonyl (C=O) groups is 1. The molecule has 0 aliphatic carbocycles. The number of aryl methyl sites for hydroxylation is 1. The lowest BCUT2D eigenvalue weighted by Gasteiger charge is -2.15. The highest BCUT2D eigenvalue weighted by Crippen LogP contribution is 2.34. The van der Waals surface area contributed by atoms with Gasteiger partial charge in [-0.15, -0.1) is 0 Å². The molecule has 1 N–H and O–H groups in total. The molecule has 13 heteroatoms. The van der Waals surface area contributed by atoms with Gasteiger partial charge in [0, 0.05) is 42.8 Å². The molecule has 1 amide bonds. The number of halogens is 5. The topological polar surface area (TPSA) is 91.0 Å². The summed E-state index contributed by atoms with van der Waals surface area (Å²) in [5, 5.41) is 3.13. The van der Waals surface area contributed by atoms with Crippen molar-refractivity contribution in [3.8, 4) is 17.2 Å². The summed E-state index contributed by atoms with van der Waals surface area (Å²) in [6, 6.07) is 14.0. The Kier molecular flexibility index (Phi) is 6.85. The van der Waals surface area contributed by atoms with Crippen LogP contribution in [0.3, 0.4) is 0 Å². The van der Waals surface area contributed by atoms with E-state index in [1.54, 1.807) is 35.0 Å². The number of aromatic nitrogens is 4. The molecule has 6 rings (SSSR count). The molecule has 0 aliphatic heterocycles. The third kappa shape index (κ3) is 5.17. The Morgan fingerprint density at radius 2 is 1.74 bits per heavy atom. The maximum atomic E-state index is 15.1. The fourth-order valence-corrected chi connectivity index (χ4v) is 4.87. The first kappa shape index (κ1) is 27.9. The van der Waals surface area contributed by atoms with E-state index < -0.39 is 29.0 Å². The molecule has 0 aliphatic rings. The summed E-state index contributed by atoms with van der Waals surface area (Å²) in [5.74, 6) is -1.39. The minimum atomic E-state index is -4.66. The average Bonchev–Trinajstić information content (AvgIpc) is 3.35. The van der Waals surface area contributed by atoms with E-state index in [2.05, 4.69) is 15.3 Å². The SMILES string of the molecule is Cn1ccc2c(Oc3ccc(NC(=O)c4cc5cccnc5n(-c5ccc(C(F)(F)F)cc5Cl)c4=O)cc3F)ccnc21. The first-order chi connectivity index (χ1) is 20.5. The molecule has 2 aromatic carbocycles. The molecule has 6 aromatic rings. The minimum Gasteiger partial charge on any atom is -0.453 e. The zero-order valence-electron chi connectivity index (χ0n) is 22.0. The summed E-state index contributed by atoms with van der Waals surface area (Å²) in [7, 11) is 1.82. The smallest absolute Gasteiger partial charge is 0.416 e. The van der Waals surface area contributed by atoms with Crippen LogP contribution in [0.15, 0.2) is 90.1 Å². The van der Waals surface area contributed by atoms with Crippen molar-refractivity contribution in [1.82, 2.24) is 19.1 Å². The molecule has 0 unspecified atom stereocenters. The number of nitrogens with zero attached hydrogens (tertiary/aromatic N) is 4. The molecule has 0 atom stereocenters. The number of fused-ring (bicyclic) bond motifs is 2. The van der Waals surface area contributed by atoms with E-state index in [1.165, 1.54) is 30.6 Å². The maximum Gasteiger partial charge on any atom is 0.416 e. The Bertz CT molecular complexity index is 2120. The molecule has 4 heterocycles. The van der Waals surface area contributed by atoms with E-state index in [9.17, 15) is 22.8 Å². The van der Waals surface area contributed by atoms with Crippen molar-refractivity contribution >= 4 is 45.3 Å². The van der Waals surface area contributed by atoms with Crippen molar-refractivity contribution in [3.63, 3.8) is 0 Å². The lowest BCUT2D eigenvalue weighted by molar-refractivity contribution is -0.137. The number of hydrogen-bond donors (Lipinski definition) is 1. The highest BCUT2D eigenvalue weighted by atomic mass is 35.5. The summed E-state index contributed by atoms with van der Waals surface area (Å²) < 4.78 is 63.2. The number of anilines is 1. The van der Waals surface area contributed by atoms with Crippen LogP contribution < -0.4 is 15.6 Å². The van der Waals surface area contributed by atoms with E-state index >= 15 is 4.39 Å². The van der Waals surface area contributed by atoms with E-state index in [-0.39, 0.29) is 33.4 Å². The van der Waals surface area contributed by atoms with Crippen LogP contribution in [0.5, 0.6) is 11.5 Å². The Morgan fingerprint density at radius 1 is 0.953 bits per heavy atom. The number of pyridine rings is 3. The molecule has 216 valence electrons. The molecule has 43 heavy (non-hydrogen) atoms. The average molecular weight is 608 g/mol. The van der Waals surface area contributed by atoms with Gasteiger partial charge < -0.3 is 14.6 Å². The third-order valence-electron chi connectivity index (χ3n) is 6.66. The Hall–Kier alpha value is -5.23. The van der Waals surface area contributed by atoms with Crippen LogP contribution in [0.1, 0.15) is 15.9 Å². The summed E-state index contributed by atoms with van der Waals surface area (Å²) >= 11 is 6.18. The lowest BCUT2D eigenvalue weighted by Crippen LogP contribution is -2.29. The van der Waals surface area contributed by atoms with Gasteiger partial charge in [-0.25, -0.2) is 14.4 Å². The van der Waals surface area contributed by atoms with Gasteiger partial charge in [-0.2, -0.15) is 13.2 Å². The fourth-order valence-electron chi connectivity index (χ4n) is 4.60. The zero-order chi connectivity index (χ0) is 30.5. The molecule has 0 saturated heterocycles. The van der Waals surface area contributed by atoms with Gasteiger partial charge in [-0.3, -0.25) is 14.2 Å². The van der Waals surface area contributed by atoms with Crippen molar-refractivity contribution < 1.29 is 27.1 Å². The monoisotopic (exact) mass is 607 g/mol. The second kappa shape index (κ2) is 10.6. The van der Waals surface area contributed by atoms with Crippen molar-refractivity contribution in [2.24, 2.45) is 7.05 Å². The van der Waals surface area contributed by atoms with Crippen molar-refractivity contribution in [3.05, 3.63) is 118 Å². The number of nitrogens with one attached hydrogen (secondary N) is 1. The number of ether oxygens (including phenoxy) is 1. The number of carbonyl (C=O) groups excluding carboxylic acids is 1. The van der Waals surface area contributed by atoms with Gasteiger partial charge in [-0.1, -0.05) is 11.6 Å². The van der Waals surface area contributed by atoms with Crippen LogP contribution in [0, 0.1) is 5.82 Å². The number of alkyl halides is 3. The molecule has 0 saturated carbocycles. The molecular formula is C30H18ClF4N5O3. The second-order valence-corrected chi connectivity index (χ2v) is 9.86. The van der Waals surface area contributed by atoms with Crippen LogP contribution >= 0.6 is 11.6 Å². The zero-order valence-corrected chi connectivity index (χ0v) is 22.7. The second-order valence-electron chi connectivity index (χ2n) is 9.45. The molecular weight excluding hydrogens is 590 g/mol. The van der Waals surface area contributed by atoms with Crippen molar-refractivity contribution in [2.45, 2.75) is 6.18 Å². The normalized spacial score (nSPS) is 11.7. The van der Waals surface area contributed by atoms with Crippen LogP contribution in [0.25, 0.3) is 27.8 Å². The van der Waals surface area contributed by atoms with Crippen LogP contribution in [-0.4, -0.2) is 25.0 Å². The number of rotatable bonds is 5. The summed E-state index contributed by atoms with van der Waals surface area (Å²) in [4.78, 5) is 35.3. The van der Waals surface area contributed by atoms with Gasteiger partial charge in [-0.05, 0) is 60.7 Å². The van der Waals surface area contributed by atoms with Crippen molar-refractivity contribution in [2.75, 3.05) is 5.32 Å². The van der Waals surface area contributed by atoms with Crippen LogP contribution in [0.2, 0.25) is 5.02 Å².